The maximum Gasteiger partial charge on any atom is 0.166 e. The predicted molar refractivity (Wildman–Crippen MR) is 122 cm³/mol. The van der Waals surface area contributed by atoms with Crippen molar-refractivity contribution in [2.75, 3.05) is 11.9 Å². The molecule has 8 heteroatoms. The van der Waals surface area contributed by atoms with Crippen molar-refractivity contribution in [2.45, 2.75) is 54.0 Å². The highest BCUT2D eigenvalue weighted by molar-refractivity contribution is 5.94. The van der Waals surface area contributed by atoms with Gasteiger partial charge in [0.25, 0.3) is 0 Å². The molecule has 31 heavy (non-hydrogen) atoms. The average Bonchev–Trinajstić information content (AvgIpc) is 2.65. The third-order valence-electron chi connectivity index (χ3n) is 3.95. The Morgan fingerprint density at radius 2 is 2.10 bits per heavy atom. The molecule has 0 amide bonds. The Balaban J connectivity index is 2.93. The van der Waals surface area contributed by atoms with Gasteiger partial charge in [-0.25, -0.2) is 13.8 Å². The van der Waals surface area contributed by atoms with Crippen molar-refractivity contribution in [3.05, 3.63) is 59.9 Å². The largest absolute Gasteiger partial charge is 0.387 e. The second-order valence-corrected chi connectivity index (χ2v) is 8.54. The molecular weight excluding hydrogens is 398 g/mol. The lowest BCUT2D eigenvalue weighted by Crippen LogP contribution is -2.36. The predicted octanol–water partition coefficient (Wildman–Crippen LogP) is 5.10. The third kappa shape index (κ3) is 10.4. The number of nitriles is 1. The normalized spacial score (nSPS) is 14.0. The molecule has 0 aromatic carbocycles. The van der Waals surface area contributed by atoms with Crippen molar-refractivity contribution in [2.24, 2.45) is 10.4 Å². The van der Waals surface area contributed by atoms with Gasteiger partial charge in [0, 0.05) is 30.4 Å². The minimum atomic E-state index is -0.698. The van der Waals surface area contributed by atoms with Crippen LogP contribution in [0.25, 0.3) is 0 Å². The van der Waals surface area contributed by atoms with Gasteiger partial charge in [0.2, 0.25) is 0 Å². The van der Waals surface area contributed by atoms with E-state index < -0.39 is 11.6 Å². The lowest BCUT2D eigenvalue weighted by molar-refractivity contribution is 0.395. The molecule has 0 radical (unpaired) electrons. The number of hydrogen-bond acceptors (Lipinski definition) is 5. The summed E-state index contributed by atoms with van der Waals surface area (Å²) in [4.78, 5) is 8.18. The van der Waals surface area contributed by atoms with Crippen LogP contribution in [-0.2, 0) is 0 Å². The fraction of sp³-hybridized carbons (Fsp3) is 0.435. The number of anilines is 1. The van der Waals surface area contributed by atoms with Crippen LogP contribution in [0.3, 0.4) is 0 Å². The van der Waals surface area contributed by atoms with Gasteiger partial charge in [0.1, 0.15) is 11.7 Å². The summed E-state index contributed by atoms with van der Waals surface area (Å²) in [6.07, 6.45) is 4.34. The molecule has 0 saturated carbocycles. The highest BCUT2D eigenvalue weighted by Crippen LogP contribution is 2.21. The van der Waals surface area contributed by atoms with Crippen molar-refractivity contribution in [3.63, 3.8) is 0 Å². The van der Waals surface area contributed by atoms with Crippen molar-refractivity contribution < 1.29 is 8.78 Å². The Morgan fingerprint density at radius 3 is 2.68 bits per heavy atom. The van der Waals surface area contributed by atoms with E-state index in [9.17, 15) is 8.78 Å². The molecule has 0 saturated heterocycles. The molecule has 168 valence electrons. The summed E-state index contributed by atoms with van der Waals surface area (Å²) in [7, 11) is 0. The number of aromatic nitrogens is 1. The first-order chi connectivity index (χ1) is 14.4. The van der Waals surface area contributed by atoms with Crippen LogP contribution in [0.2, 0.25) is 0 Å². The molecule has 1 heterocycles. The molecule has 1 unspecified atom stereocenters. The van der Waals surface area contributed by atoms with Crippen LogP contribution in [0.1, 0.15) is 46.7 Å². The van der Waals surface area contributed by atoms with Crippen molar-refractivity contribution in [3.8, 4) is 6.07 Å². The van der Waals surface area contributed by atoms with Crippen molar-refractivity contribution >= 4 is 11.5 Å². The summed E-state index contributed by atoms with van der Waals surface area (Å²) in [6, 6.07) is 2.85. The minimum Gasteiger partial charge on any atom is -0.387 e. The molecule has 0 bridgehead atoms. The molecular formula is C23H32F2N6. The van der Waals surface area contributed by atoms with E-state index in [1.807, 2.05) is 6.92 Å². The van der Waals surface area contributed by atoms with Gasteiger partial charge in [-0.05, 0) is 38.7 Å². The SMILES string of the molecule is C=C(CC(C)(C)C)NCC(C)NC(/N=C(\C)Nc1cnc(C)c(F)c1)=C(F)/C=C/C#N. The number of nitrogens with zero attached hydrogens (tertiary/aromatic N) is 3. The van der Waals surface area contributed by atoms with Crippen LogP contribution in [0.5, 0.6) is 0 Å². The zero-order chi connectivity index (χ0) is 23.6. The first-order valence-corrected chi connectivity index (χ1v) is 10.00. The van der Waals surface area contributed by atoms with E-state index >= 15 is 0 Å². The Kier molecular flexibility index (Phi) is 9.87. The van der Waals surface area contributed by atoms with E-state index in [2.05, 4.69) is 53.3 Å². The maximum absolute atomic E-state index is 14.6. The van der Waals surface area contributed by atoms with Gasteiger partial charge in [0.15, 0.2) is 11.6 Å². The number of rotatable bonds is 9. The number of nitrogens with one attached hydrogen (secondary N) is 3. The Labute approximate surface area is 183 Å². The van der Waals surface area contributed by atoms with Gasteiger partial charge < -0.3 is 16.0 Å². The van der Waals surface area contributed by atoms with E-state index in [1.54, 1.807) is 19.9 Å². The van der Waals surface area contributed by atoms with E-state index in [4.69, 9.17) is 5.26 Å². The van der Waals surface area contributed by atoms with Gasteiger partial charge in [-0.3, -0.25) is 4.98 Å². The van der Waals surface area contributed by atoms with E-state index in [1.165, 1.54) is 12.3 Å². The smallest absolute Gasteiger partial charge is 0.166 e. The maximum atomic E-state index is 14.6. The van der Waals surface area contributed by atoms with Gasteiger partial charge in [-0.15, -0.1) is 0 Å². The number of aryl methyl sites for hydroxylation is 1. The number of amidine groups is 1. The highest BCUT2D eigenvalue weighted by atomic mass is 19.1. The molecule has 0 spiro atoms. The molecule has 6 nitrogen and oxygen atoms in total. The molecule has 1 aromatic heterocycles. The van der Waals surface area contributed by atoms with E-state index in [0.717, 1.165) is 24.3 Å². The standard InChI is InChI=1S/C23H32F2N6/c1-15(12-23(5,6)7)27-13-16(2)29-22(20(24)9-8-10-26)31-18(4)30-19-11-21(25)17(3)28-14-19/h8-9,11,14,16,27,29H,1,12-13H2,2-7H3,(H,30,31)/b9-8+,22-20+. The lowest BCUT2D eigenvalue weighted by atomic mass is 9.91. The Morgan fingerprint density at radius 1 is 1.42 bits per heavy atom. The summed E-state index contributed by atoms with van der Waals surface area (Å²) in [5, 5.41) is 17.8. The van der Waals surface area contributed by atoms with Crippen LogP contribution in [-0.4, -0.2) is 23.4 Å². The Hall–Kier alpha value is -3.21. The molecule has 0 fully saturated rings. The average molecular weight is 431 g/mol. The fourth-order valence-electron chi connectivity index (χ4n) is 2.61. The van der Waals surface area contributed by atoms with Gasteiger partial charge in [0.05, 0.1) is 23.6 Å². The zero-order valence-electron chi connectivity index (χ0n) is 19.1. The molecule has 0 aliphatic rings. The van der Waals surface area contributed by atoms with Crippen LogP contribution in [0, 0.1) is 29.5 Å². The number of halogens is 2. The topological polar surface area (TPSA) is 85.1 Å². The number of hydrogen-bond donors (Lipinski definition) is 3. The van der Waals surface area contributed by atoms with Gasteiger partial charge >= 0.3 is 0 Å². The van der Waals surface area contributed by atoms with Crippen LogP contribution in [0.4, 0.5) is 14.5 Å². The van der Waals surface area contributed by atoms with Gasteiger partial charge in [-0.2, -0.15) is 5.26 Å². The second-order valence-electron chi connectivity index (χ2n) is 8.54. The van der Waals surface area contributed by atoms with Crippen LogP contribution in [0.15, 0.2) is 53.3 Å². The molecule has 1 aromatic rings. The number of pyridine rings is 1. The second kappa shape index (κ2) is 11.8. The Bertz CT molecular complexity index is 904. The quantitative estimate of drug-likeness (QED) is 0.220. The van der Waals surface area contributed by atoms with Gasteiger partial charge in [-0.1, -0.05) is 27.4 Å². The van der Waals surface area contributed by atoms with E-state index in [0.29, 0.717) is 18.1 Å². The lowest BCUT2D eigenvalue weighted by Gasteiger charge is -2.23. The number of aliphatic imine (C=N–C) groups is 1. The van der Waals surface area contributed by atoms with Crippen LogP contribution < -0.4 is 16.0 Å². The van der Waals surface area contributed by atoms with Crippen molar-refractivity contribution in [1.82, 2.24) is 15.6 Å². The van der Waals surface area contributed by atoms with E-state index in [-0.39, 0.29) is 23.0 Å². The third-order valence-corrected chi connectivity index (χ3v) is 3.95. The molecule has 0 aliphatic heterocycles. The molecule has 3 N–H and O–H groups in total. The monoisotopic (exact) mass is 430 g/mol. The summed E-state index contributed by atoms with van der Waals surface area (Å²) in [5.74, 6) is -0.876. The molecule has 1 rings (SSSR count). The van der Waals surface area contributed by atoms with Crippen LogP contribution >= 0.6 is 0 Å². The molecule has 0 aliphatic carbocycles. The summed E-state index contributed by atoms with van der Waals surface area (Å²) < 4.78 is 28.3. The summed E-state index contributed by atoms with van der Waals surface area (Å²) in [6.45, 7) is 16.0. The molecule has 1 atom stereocenters. The fourth-order valence-corrected chi connectivity index (χ4v) is 2.61. The van der Waals surface area contributed by atoms with Crippen molar-refractivity contribution in [1.29, 1.82) is 5.26 Å². The summed E-state index contributed by atoms with van der Waals surface area (Å²) >= 11 is 0. The highest BCUT2D eigenvalue weighted by Gasteiger charge is 2.13. The number of allylic oxidation sites excluding steroid dienone is 4. The zero-order valence-corrected chi connectivity index (χ0v) is 19.1. The first kappa shape index (κ1) is 25.8. The first-order valence-electron chi connectivity index (χ1n) is 10.00. The minimum absolute atomic E-state index is 0.0484. The summed E-state index contributed by atoms with van der Waals surface area (Å²) in [5.41, 5.74) is 1.68.